The number of carbonyl (C=O) groups is 1. The Morgan fingerprint density at radius 3 is 2.41 bits per heavy atom. The van der Waals surface area contributed by atoms with Crippen LogP contribution in [0.15, 0.2) is 24.3 Å². The predicted molar refractivity (Wildman–Crippen MR) is 85.6 cm³/mol. The second kappa shape index (κ2) is 6.56. The van der Waals surface area contributed by atoms with Crippen molar-refractivity contribution in [3.63, 3.8) is 0 Å². The van der Waals surface area contributed by atoms with Crippen LogP contribution >= 0.6 is 0 Å². The van der Waals surface area contributed by atoms with Crippen LogP contribution in [-0.4, -0.2) is 39.3 Å². The minimum atomic E-state index is -3.57. The Hall–Kier alpha value is -1.76. The van der Waals surface area contributed by atoms with Crippen LogP contribution in [0.5, 0.6) is 5.75 Å². The zero-order valence-corrected chi connectivity index (χ0v) is 13.9. The first-order chi connectivity index (χ1) is 10.3. The Bertz CT molecular complexity index is 623. The monoisotopic (exact) mass is 326 g/mol. The van der Waals surface area contributed by atoms with Crippen LogP contribution in [0.25, 0.3) is 0 Å². The van der Waals surface area contributed by atoms with E-state index in [0.717, 1.165) is 23.4 Å². The van der Waals surface area contributed by atoms with Gasteiger partial charge < -0.3 is 10.1 Å². The van der Waals surface area contributed by atoms with Gasteiger partial charge in [-0.1, -0.05) is 0 Å². The molecule has 0 heterocycles. The zero-order valence-electron chi connectivity index (χ0n) is 13.1. The number of benzene rings is 1. The molecule has 0 bridgehead atoms. The van der Waals surface area contributed by atoms with Crippen molar-refractivity contribution in [1.82, 2.24) is 5.32 Å². The molecule has 0 unspecified atom stereocenters. The quantitative estimate of drug-likeness (QED) is 0.824. The number of carbonyl (C=O) groups excluding carboxylic acids is 1. The summed E-state index contributed by atoms with van der Waals surface area (Å²) < 4.78 is 30.7. The fourth-order valence-corrected chi connectivity index (χ4v) is 3.39. The molecule has 1 aromatic rings. The molecule has 1 aromatic carbocycles. The summed E-state index contributed by atoms with van der Waals surface area (Å²) in [5, 5.41) is 2.84. The Kier molecular flexibility index (Phi) is 4.95. The predicted octanol–water partition coefficient (Wildman–Crippen LogP) is 1.52. The molecule has 0 saturated heterocycles. The van der Waals surface area contributed by atoms with E-state index in [0.29, 0.717) is 18.0 Å². The molecule has 0 radical (unpaired) electrons. The van der Waals surface area contributed by atoms with Gasteiger partial charge >= 0.3 is 0 Å². The van der Waals surface area contributed by atoms with E-state index in [1.165, 1.54) is 0 Å². The molecule has 7 heteroatoms. The minimum absolute atomic E-state index is 0.191. The highest BCUT2D eigenvalue weighted by molar-refractivity contribution is 7.92. The van der Waals surface area contributed by atoms with Gasteiger partial charge in [-0.05, 0) is 51.0 Å². The van der Waals surface area contributed by atoms with Crippen molar-refractivity contribution in [2.45, 2.75) is 38.8 Å². The van der Waals surface area contributed by atoms with E-state index in [4.69, 9.17) is 4.74 Å². The maximum Gasteiger partial charge on any atom is 0.243 e. The van der Waals surface area contributed by atoms with Crippen molar-refractivity contribution < 1.29 is 17.9 Å². The highest BCUT2D eigenvalue weighted by Gasteiger charge is 2.32. The lowest BCUT2D eigenvalue weighted by atomic mass is 10.2. The minimum Gasteiger partial charge on any atom is -0.494 e. The van der Waals surface area contributed by atoms with Gasteiger partial charge in [0.1, 0.15) is 11.8 Å². The van der Waals surface area contributed by atoms with Crippen LogP contribution in [0.1, 0.15) is 26.7 Å². The van der Waals surface area contributed by atoms with Gasteiger partial charge in [-0.3, -0.25) is 9.10 Å². The summed E-state index contributed by atoms with van der Waals surface area (Å²) in [5.74, 6) is 0.386. The number of sulfonamides is 1. The van der Waals surface area contributed by atoms with Crippen LogP contribution < -0.4 is 14.4 Å². The smallest absolute Gasteiger partial charge is 0.243 e. The van der Waals surface area contributed by atoms with Gasteiger partial charge in [0.05, 0.1) is 18.6 Å². The Morgan fingerprint density at radius 1 is 1.36 bits per heavy atom. The summed E-state index contributed by atoms with van der Waals surface area (Å²) in [7, 11) is -3.57. The lowest BCUT2D eigenvalue weighted by molar-refractivity contribution is -0.121. The van der Waals surface area contributed by atoms with Crippen molar-refractivity contribution in [1.29, 1.82) is 0 Å². The molecule has 1 N–H and O–H groups in total. The highest BCUT2D eigenvalue weighted by Crippen LogP contribution is 2.25. The molecular formula is C15H22N2O4S. The van der Waals surface area contributed by atoms with Crippen molar-refractivity contribution in [2.75, 3.05) is 17.2 Å². The Balaban J connectivity index is 2.23. The number of hydrogen-bond acceptors (Lipinski definition) is 4. The van der Waals surface area contributed by atoms with E-state index >= 15 is 0 Å². The van der Waals surface area contributed by atoms with Crippen LogP contribution in [0.2, 0.25) is 0 Å². The van der Waals surface area contributed by atoms with Gasteiger partial charge in [-0.15, -0.1) is 0 Å². The average Bonchev–Trinajstić information content (AvgIpc) is 3.23. The second-order valence-electron chi connectivity index (χ2n) is 5.44. The van der Waals surface area contributed by atoms with Gasteiger partial charge in [0.15, 0.2) is 0 Å². The highest BCUT2D eigenvalue weighted by atomic mass is 32.2. The maximum atomic E-state index is 12.2. The van der Waals surface area contributed by atoms with E-state index < -0.39 is 16.1 Å². The third kappa shape index (κ3) is 4.13. The first kappa shape index (κ1) is 16.6. The molecule has 2 rings (SSSR count). The van der Waals surface area contributed by atoms with Crippen LogP contribution in [0, 0.1) is 0 Å². The first-order valence-electron chi connectivity index (χ1n) is 7.35. The van der Waals surface area contributed by atoms with E-state index in [1.807, 2.05) is 6.92 Å². The van der Waals surface area contributed by atoms with Crippen LogP contribution in [0.4, 0.5) is 5.69 Å². The summed E-state index contributed by atoms with van der Waals surface area (Å²) in [6.07, 6.45) is 3.02. The topological polar surface area (TPSA) is 75.7 Å². The summed E-state index contributed by atoms with van der Waals surface area (Å²) in [6, 6.07) is 6.08. The number of ether oxygens (including phenoxy) is 1. The largest absolute Gasteiger partial charge is 0.494 e. The SMILES string of the molecule is CCOc1ccc(N([C@H](C)C(=O)NC2CC2)S(C)(=O)=O)cc1. The molecule has 1 atom stereocenters. The molecule has 122 valence electrons. The molecule has 1 aliphatic rings. The van der Waals surface area contributed by atoms with Gasteiger partial charge in [0, 0.05) is 6.04 Å². The Morgan fingerprint density at radius 2 is 1.95 bits per heavy atom. The maximum absolute atomic E-state index is 12.2. The average molecular weight is 326 g/mol. The standard InChI is InChI=1S/C15H22N2O4S/c1-4-21-14-9-7-13(8-10-14)17(22(3,19)20)11(2)15(18)16-12-5-6-12/h7-12H,4-6H2,1-3H3,(H,16,18)/t11-/m1/s1. The number of anilines is 1. The van der Waals surface area contributed by atoms with E-state index in [2.05, 4.69) is 5.32 Å². The summed E-state index contributed by atoms with van der Waals surface area (Å²) in [4.78, 5) is 12.2. The molecule has 1 fully saturated rings. The number of hydrogen-bond donors (Lipinski definition) is 1. The molecule has 1 saturated carbocycles. The fourth-order valence-electron chi connectivity index (χ4n) is 2.21. The van der Waals surface area contributed by atoms with Gasteiger partial charge in [-0.2, -0.15) is 0 Å². The summed E-state index contributed by atoms with van der Waals surface area (Å²) in [5.41, 5.74) is 0.449. The third-order valence-corrected chi connectivity index (χ3v) is 4.66. The lowest BCUT2D eigenvalue weighted by Crippen LogP contribution is -2.48. The molecular weight excluding hydrogens is 304 g/mol. The van der Waals surface area contributed by atoms with E-state index in [9.17, 15) is 13.2 Å². The fraction of sp³-hybridized carbons (Fsp3) is 0.533. The summed E-state index contributed by atoms with van der Waals surface area (Å²) in [6.45, 7) is 4.01. The van der Waals surface area contributed by atoms with E-state index in [-0.39, 0.29) is 11.9 Å². The van der Waals surface area contributed by atoms with Crippen LogP contribution in [-0.2, 0) is 14.8 Å². The number of rotatable bonds is 7. The lowest BCUT2D eigenvalue weighted by Gasteiger charge is -2.28. The van der Waals surface area contributed by atoms with Gasteiger partial charge in [-0.25, -0.2) is 8.42 Å². The number of nitrogens with one attached hydrogen (secondary N) is 1. The molecule has 0 aliphatic heterocycles. The van der Waals surface area contributed by atoms with E-state index in [1.54, 1.807) is 31.2 Å². The van der Waals surface area contributed by atoms with Crippen LogP contribution in [0.3, 0.4) is 0 Å². The molecule has 6 nitrogen and oxygen atoms in total. The first-order valence-corrected chi connectivity index (χ1v) is 9.20. The molecule has 0 aromatic heterocycles. The zero-order chi connectivity index (χ0) is 16.3. The molecule has 0 spiro atoms. The molecule has 22 heavy (non-hydrogen) atoms. The number of nitrogens with zero attached hydrogens (tertiary/aromatic N) is 1. The second-order valence-corrected chi connectivity index (χ2v) is 7.30. The Labute approximate surface area is 131 Å². The van der Waals surface area contributed by atoms with Crippen molar-refractivity contribution >= 4 is 21.6 Å². The van der Waals surface area contributed by atoms with Gasteiger partial charge in [0.25, 0.3) is 0 Å². The van der Waals surface area contributed by atoms with Crippen molar-refractivity contribution in [3.8, 4) is 5.75 Å². The van der Waals surface area contributed by atoms with Crippen molar-refractivity contribution in [3.05, 3.63) is 24.3 Å². The summed E-state index contributed by atoms with van der Waals surface area (Å²) >= 11 is 0. The molecule has 1 aliphatic carbocycles. The molecule has 1 amide bonds. The van der Waals surface area contributed by atoms with Gasteiger partial charge in [0.2, 0.25) is 15.9 Å². The third-order valence-electron chi connectivity index (χ3n) is 3.41. The normalized spacial score (nSPS) is 16.0. The number of amides is 1. The van der Waals surface area contributed by atoms with Crippen molar-refractivity contribution in [2.24, 2.45) is 0 Å².